The second-order valence-corrected chi connectivity index (χ2v) is 8.00. The Kier molecular flexibility index (Phi) is 4.83. The number of hydrazine groups is 1. The number of nitrogens with one attached hydrogen (secondary N) is 3. The van der Waals surface area contributed by atoms with Gasteiger partial charge in [0.2, 0.25) is 5.91 Å². The van der Waals surface area contributed by atoms with Gasteiger partial charge in [0.05, 0.1) is 17.7 Å². The van der Waals surface area contributed by atoms with E-state index in [1.807, 2.05) is 18.2 Å². The average molecular weight is 356 g/mol. The van der Waals surface area contributed by atoms with Gasteiger partial charge in [-0.25, -0.2) is 10.4 Å². The molecular weight excluding hydrogens is 332 g/mol. The molecule has 6 heteroatoms. The molecule has 0 saturated carbocycles. The summed E-state index contributed by atoms with van der Waals surface area (Å²) in [7, 11) is 0. The highest BCUT2D eigenvalue weighted by Crippen LogP contribution is 2.34. The van der Waals surface area contributed by atoms with E-state index in [0.717, 1.165) is 29.5 Å². The summed E-state index contributed by atoms with van der Waals surface area (Å²) >= 11 is 1.65. The third kappa shape index (κ3) is 3.47. The van der Waals surface area contributed by atoms with Crippen molar-refractivity contribution in [1.29, 1.82) is 0 Å². The number of nitrogens with zero attached hydrogens (tertiary/aromatic N) is 1. The zero-order valence-corrected chi connectivity index (χ0v) is 15.2. The van der Waals surface area contributed by atoms with Crippen molar-refractivity contribution in [3.05, 3.63) is 46.5 Å². The second kappa shape index (κ2) is 7.23. The average Bonchev–Trinajstić information content (AvgIpc) is 3.28. The van der Waals surface area contributed by atoms with Crippen LogP contribution >= 0.6 is 11.3 Å². The smallest absolute Gasteiger partial charge is 0.232 e. The number of aromatic nitrogens is 1. The third-order valence-corrected chi connectivity index (χ3v) is 6.36. The van der Waals surface area contributed by atoms with Crippen LogP contribution in [-0.2, 0) is 17.6 Å². The fourth-order valence-electron chi connectivity index (χ4n) is 3.76. The molecule has 3 unspecified atom stereocenters. The number of hydrogen-bond donors (Lipinski definition) is 3. The number of amides is 1. The van der Waals surface area contributed by atoms with Crippen LogP contribution in [0.4, 0.5) is 5.13 Å². The first-order valence-electron chi connectivity index (χ1n) is 9.07. The number of hydrogen-bond acceptors (Lipinski definition) is 5. The number of fused-ring (bicyclic) bond motifs is 1. The van der Waals surface area contributed by atoms with Crippen molar-refractivity contribution in [3.8, 4) is 0 Å². The largest absolute Gasteiger partial charge is 0.302 e. The van der Waals surface area contributed by atoms with Gasteiger partial charge < -0.3 is 5.32 Å². The van der Waals surface area contributed by atoms with E-state index in [0.29, 0.717) is 6.54 Å². The van der Waals surface area contributed by atoms with E-state index in [1.165, 1.54) is 23.4 Å². The van der Waals surface area contributed by atoms with Crippen molar-refractivity contribution < 1.29 is 4.79 Å². The highest BCUT2D eigenvalue weighted by Gasteiger charge is 2.34. The lowest BCUT2D eigenvalue weighted by Crippen LogP contribution is -2.29. The summed E-state index contributed by atoms with van der Waals surface area (Å²) in [6.07, 6.45) is 4.59. The molecule has 2 heterocycles. The Hall–Kier alpha value is -1.76. The van der Waals surface area contributed by atoms with Gasteiger partial charge in [0, 0.05) is 11.4 Å². The lowest BCUT2D eigenvalue weighted by Gasteiger charge is -2.18. The molecule has 132 valence electrons. The van der Waals surface area contributed by atoms with Crippen LogP contribution in [0.15, 0.2) is 30.3 Å². The summed E-state index contributed by atoms with van der Waals surface area (Å²) in [5.41, 5.74) is 8.66. The molecule has 1 saturated heterocycles. The molecule has 2 aliphatic rings. The summed E-state index contributed by atoms with van der Waals surface area (Å²) in [6, 6.07) is 10.1. The standard InChI is InChI=1S/C19H24N4OS/c1-2-12-8-9-15-16(10-12)25-19(21-15)22-18(24)14-11-20-23-17(14)13-6-4-3-5-7-13/h3-7,12,14,17,20,23H,2,8-11H2,1H3,(H,21,22,24). The molecule has 1 aliphatic heterocycles. The number of thiazole rings is 1. The lowest BCUT2D eigenvalue weighted by molar-refractivity contribution is -0.119. The Labute approximate surface area is 152 Å². The first-order chi connectivity index (χ1) is 12.2. The molecule has 1 aromatic carbocycles. The Morgan fingerprint density at radius 1 is 1.36 bits per heavy atom. The molecule has 1 fully saturated rings. The number of carbonyl (C=O) groups excluding carboxylic acids is 1. The van der Waals surface area contributed by atoms with E-state index in [4.69, 9.17) is 0 Å². The number of aryl methyl sites for hydroxylation is 1. The van der Waals surface area contributed by atoms with Gasteiger partial charge in [-0.3, -0.25) is 10.2 Å². The predicted octanol–water partition coefficient (Wildman–Crippen LogP) is 3.06. The van der Waals surface area contributed by atoms with Gasteiger partial charge in [0.25, 0.3) is 0 Å². The van der Waals surface area contributed by atoms with E-state index in [-0.39, 0.29) is 17.9 Å². The van der Waals surface area contributed by atoms with E-state index in [2.05, 4.69) is 40.2 Å². The maximum absolute atomic E-state index is 12.8. The third-order valence-electron chi connectivity index (χ3n) is 5.33. The molecule has 0 spiro atoms. The van der Waals surface area contributed by atoms with Gasteiger partial charge in [0.1, 0.15) is 0 Å². The van der Waals surface area contributed by atoms with Crippen molar-refractivity contribution in [2.45, 2.75) is 38.6 Å². The zero-order chi connectivity index (χ0) is 17.2. The maximum atomic E-state index is 12.8. The van der Waals surface area contributed by atoms with Gasteiger partial charge >= 0.3 is 0 Å². The van der Waals surface area contributed by atoms with Crippen LogP contribution in [0, 0.1) is 11.8 Å². The van der Waals surface area contributed by atoms with Crippen LogP contribution in [0.25, 0.3) is 0 Å². The van der Waals surface area contributed by atoms with Gasteiger partial charge in [-0.1, -0.05) is 43.7 Å². The number of anilines is 1. The van der Waals surface area contributed by atoms with E-state index >= 15 is 0 Å². The van der Waals surface area contributed by atoms with E-state index in [9.17, 15) is 4.79 Å². The van der Waals surface area contributed by atoms with Crippen molar-refractivity contribution >= 4 is 22.4 Å². The van der Waals surface area contributed by atoms with Gasteiger partial charge in [-0.15, -0.1) is 11.3 Å². The molecule has 0 bridgehead atoms. The quantitative estimate of drug-likeness (QED) is 0.788. The SMILES string of the molecule is CCC1CCc2nc(NC(=O)C3CNNC3c3ccccc3)sc2C1. The highest BCUT2D eigenvalue weighted by atomic mass is 32.1. The monoisotopic (exact) mass is 356 g/mol. The van der Waals surface area contributed by atoms with Crippen LogP contribution in [0.1, 0.15) is 41.9 Å². The van der Waals surface area contributed by atoms with Crippen LogP contribution in [0.3, 0.4) is 0 Å². The van der Waals surface area contributed by atoms with Gasteiger partial charge in [-0.2, -0.15) is 0 Å². The topological polar surface area (TPSA) is 66.0 Å². The molecule has 25 heavy (non-hydrogen) atoms. The molecule has 4 rings (SSSR count). The number of carbonyl (C=O) groups is 1. The molecule has 3 atom stereocenters. The molecule has 5 nitrogen and oxygen atoms in total. The molecule has 1 aromatic heterocycles. The maximum Gasteiger partial charge on any atom is 0.232 e. The minimum absolute atomic E-state index is 0.0136. The fraction of sp³-hybridized carbons (Fsp3) is 0.474. The van der Waals surface area contributed by atoms with Crippen molar-refractivity contribution in [2.75, 3.05) is 11.9 Å². The normalized spacial score (nSPS) is 25.6. The number of rotatable bonds is 4. The minimum Gasteiger partial charge on any atom is -0.302 e. The fourth-order valence-corrected chi connectivity index (χ4v) is 4.89. The van der Waals surface area contributed by atoms with Gasteiger partial charge in [-0.05, 0) is 30.7 Å². The highest BCUT2D eigenvalue weighted by molar-refractivity contribution is 7.15. The Balaban J connectivity index is 1.46. The predicted molar refractivity (Wildman–Crippen MR) is 100 cm³/mol. The first kappa shape index (κ1) is 16.7. The van der Waals surface area contributed by atoms with Crippen molar-refractivity contribution in [3.63, 3.8) is 0 Å². The van der Waals surface area contributed by atoms with Crippen molar-refractivity contribution in [2.24, 2.45) is 11.8 Å². The summed E-state index contributed by atoms with van der Waals surface area (Å²) < 4.78 is 0. The van der Waals surface area contributed by atoms with Crippen molar-refractivity contribution in [1.82, 2.24) is 15.8 Å². The first-order valence-corrected chi connectivity index (χ1v) is 9.89. The van der Waals surface area contributed by atoms with E-state index < -0.39 is 0 Å². The summed E-state index contributed by atoms with van der Waals surface area (Å²) in [4.78, 5) is 18.8. The molecular formula is C19H24N4OS. The van der Waals surface area contributed by atoms with Crippen LogP contribution < -0.4 is 16.2 Å². The zero-order valence-electron chi connectivity index (χ0n) is 14.4. The molecule has 1 aliphatic carbocycles. The summed E-state index contributed by atoms with van der Waals surface area (Å²) in [5.74, 6) is 0.651. The minimum atomic E-state index is -0.147. The van der Waals surface area contributed by atoms with E-state index in [1.54, 1.807) is 11.3 Å². The summed E-state index contributed by atoms with van der Waals surface area (Å²) in [5, 5.41) is 3.82. The van der Waals surface area contributed by atoms with Crippen LogP contribution in [0.5, 0.6) is 0 Å². The molecule has 3 N–H and O–H groups in total. The van der Waals surface area contributed by atoms with Crippen LogP contribution in [-0.4, -0.2) is 17.4 Å². The Bertz CT molecular complexity index is 745. The second-order valence-electron chi connectivity index (χ2n) is 6.92. The molecule has 0 radical (unpaired) electrons. The lowest BCUT2D eigenvalue weighted by atomic mass is 9.89. The number of benzene rings is 1. The van der Waals surface area contributed by atoms with Gasteiger partial charge in [0.15, 0.2) is 5.13 Å². The Morgan fingerprint density at radius 3 is 3.00 bits per heavy atom. The molecule has 1 amide bonds. The summed E-state index contributed by atoms with van der Waals surface area (Å²) in [6.45, 7) is 2.87. The van der Waals surface area contributed by atoms with Crippen LogP contribution in [0.2, 0.25) is 0 Å². The Morgan fingerprint density at radius 2 is 2.20 bits per heavy atom. The molecule has 2 aromatic rings.